The number of phenolic OH excluding ortho intramolecular Hbond substituents is 4. The Morgan fingerprint density at radius 2 is 1.56 bits per heavy atom. The van der Waals surface area contributed by atoms with Crippen LogP contribution < -0.4 is 10.2 Å². The first-order chi connectivity index (χ1) is 16.0. The highest BCUT2D eigenvalue weighted by atomic mass is 16.7. The molecule has 2 aromatic carbocycles. The van der Waals surface area contributed by atoms with Crippen LogP contribution in [0.4, 0.5) is 0 Å². The van der Waals surface area contributed by atoms with Crippen LogP contribution in [0.2, 0.25) is 0 Å². The van der Waals surface area contributed by atoms with Crippen LogP contribution in [0.1, 0.15) is 0 Å². The van der Waals surface area contributed by atoms with E-state index < -0.39 is 88.4 Å². The number of ether oxygens (including phenoxy) is 2. The molecule has 0 amide bonds. The lowest BCUT2D eigenvalue weighted by molar-refractivity contribution is -0.277. The van der Waals surface area contributed by atoms with Crippen molar-refractivity contribution in [2.75, 3.05) is 6.61 Å². The van der Waals surface area contributed by atoms with Crippen molar-refractivity contribution < 1.29 is 59.8 Å². The molecule has 2 heterocycles. The zero-order chi connectivity index (χ0) is 24.9. The molecule has 0 unspecified atom stereocenters. The Balaban J connectivity index is 1.79. The number of hydrogen-bond donors (Lipinski definition) is 9. The first kappa shape index (κ1) is 23.4. The van der Waals surface area contributed by atoms with Gasteiger partial charge in [0.15, 0.2) is 17.3 Å². The van der Waals surface area contributed by atoms with Crippen LogP contribution in [0, 0.1) is 0 Å². The van der Waals surface area contributed by atoms with E-state index in [1.165, 1.54) is 0 Å². The van der Waals surface area contributed by atoms with Crippen LogP contribution in [-0.2, 0) is 4.74 Å². The molecule has 9 N–H and O–H groups in total. The lowest BCUT2D eigenvalue weighted by Gasteiger charge is -2.39. The fourth-order valence-corrected chi connectivity index (χ4v) is 3.57. The summed E-state index contributed by atoms with van der Waals surface area (Å²) < 4.78 is 16.0. The highest BCUT2D eigenvalue weighted by molar-refractivity contribution is 5.88. The summed E-state index contributed by atoms with van der Waals surface area (Å²) >= 11 is 0. The van der Waals surface area contributed by atoms with Gasteiger partial charge >= 0.3 is 0 Å². The lowest BCUT2D eigenvalue weighted by atomic mass is 9.99. The van der Waals surface area contributed by atoms with Crippen molar-refractivity contribution in [1.29, 1.82) is 0 Å². The van der Waals surface area contributed by atoms with E-state index in [0.717, 1.165) is 24.3 Å². The SMILES string of the molecule is O=c1c(O)c(-c2cc(O)c(O)c(O[C@@H]3O[C@H](CO)[C@@H](O)[C@@H](O)[C@H]3O)c2)oc2cc(O)cc(O)c12. The van der Waals surface area contributed by atoms with Crippen LogP contribution in [0.5, 0.6) is 34.5 Å². The van der Waals surface area contributed by atoms with Gasteiger partial charge in [-0.15, -0.1) is 0 Å². The summed E-state index contributed by atoms with van der Waals surface area (Å²) in [6, 6.07) is 3.77. The Labute approximate surface area is 189 Å². The second-order valence-corrected chi connectivity index (χ2v) is 7.60. The number of benzene rings is 2. The molecule has 1 aliphatic heterocycles. The van der Waals surface area contributed by atoms with Crippen molar-refractivity contribution in [3.8, 4) is 45.8 Å². The summed E-state index contributed by atoms with van der Waals surface area (Å²) in [6.07, 6.45) is -8.31. The largest absolute Gasteiger partial charge is 0.508 e. The molecule has 0 radical (unpaired) electrons. The molecule has 0 aliphatic carbocycles. The molecule has 0 saturated carbocycles. The zero-order valence-corrected chi connectivity index (χ0v) is 17.1. The zero-order valence-electron chi connectivity index (χ0n) is 17.1. The molecule has 13 heteroatoms. The van der Waals surface area contributed by atoms with E-state index in [1.54, 1.807) is 0 Å². The Bertz CT molecular complexity index is 1300. The van der Waals surface area contributed by atoms with Gasteiger partial charge in [-0.3, -0.25) is 4.79 Å². The first-order valence-corrected chi connectivity index (χ1v) is 9.78. The van der Waals surface area contributed by atoms with Gasteiger partial charge in [-0.25, -0.2) is 0 Å². The Hall–Kier alpha value is -3.75. The van der Waals surface area contributed by atoms with Crippen molar-refractivity contribution in [3.05, 3.63) is 34.5 Å². The fraction of sp³-hybridized carbons (Fsp3) is 0.286. The van der Waals surface area contributed by atoms with Crippen LogP contribution >= 0.6 is 0 Å². The van der Waals surface area contributed by atoms with E-state index >= 15 is 0 Å². The van der Waals surface area contributed by atoms with Crippen LogP contribution in [0.3, 0.4) is 0 Å². The van der Waals surface area contributed by atoms with Crippen molar-refractivity contribution >= 4 is 11.0 Å². The van der Waals surface area contributed by atoms with Crippen LogP contribution in [-0.4, -0.2) is 83.3 Å². The average molecular weight is 480 g/mol. The second-order valence-electron chi connectivity index (χ2n) is 7.60. The average Bonchev–Trinajstić information content (AvgIpc) is 2.78. The molecule has 0 spiro atoms. The van der Waals surface area contributed by atoms with Gasteiger partial charge in [-0.1, -0.05) is 0 Å². The Morgan fingerprint density at radius 1 is 0.853 bits per heavy atom. The van der Waals surface area contributed by atoms with Gasteiger partial charge in [0, 0.05) is 17.7 Å². The maximum Gasteiger partial charge on any atom is 0.238 e. The van der Waals surface area contributed by atoms with Gasteiger partial charge in [0.2, 0.25) is 23.2 Å². The van der Waals surface area contributed by atoms with Gasteiger partial charge in [0.1, 0.15) is 46.9 Å². The van der Waals surface area contributed by atoms with E-state index in [1.807, 2.05) is 0 Å². The Morgan fingerprint density at radius 3 is 2.24 bits per heavy atom. The topological polar surface area (TPSA) is 231 Å². The third kappa shape index (κ3) is 3.81. The van der Waals surface area contributed by atoms with Crippen molar-refractivity contribution in [1.82, 2.24) is 0 Å². The minimum Gasteiger partial charge on any atom is -0.508 e. The van der Waals surface area contributed by atoms with Crippen molar-refractivity contribution in [2.45, 2.75) is 30.7 Å². The normalized spacial score (nSPS) is 24.9. The van der Waals surface area contributed by atoms with Gasteiger partial charge in [0.25, 0.3) is 0 Å². The van der Waals surface area contributed by atoms with Gasteiger partial charge in [-0.05, 0) is 12.1 Å². The minimum absolute atomic E-state index is 0.214. The molecule has 0 bridgehead atoms. The number of aliphatic hydroxyl groups is 4. The monoisotopic (exact) mass is 480 g/mol. The lowest BCUT2D eigenvalue weighted by Crippen LogP contribution is -2.60. The molecule has 182 valence electrons. The molecule has 13 nitrogen and oxygen atoms in total. The van der Waals surface area contributed by atoms with E-state index in [9.17, 15) is 50.8 Å². The number of hydrogen-bond acceptors (Lipinski definition) is 13. The number of aromatic hydroxyl groups is 5. The molecule has 34 heavy (non-hydrogen) atoms. The standard InChI is InChI=1S/C21H20O13/c22-5-12-15(27)17(29)19(31)21(34-12)33-11-2-6(1-9(25)14(11)26)20-18(30)16(28)13-8(24)3-7(23)4-10(13)32-20/h1-4,12,15,17,19,21-27,29-31H,5H2/t12-,15-,17-,19-,21-/m1/s1. The molecule has 1 saturated heterocycles. The number of aliphatic hydroxyl groups excluding tert-OH is 4. The van der Waals surface area contributed by atoms with Crippen LogP contribution in [0.25, 0.3) is 22.3 Å². The summed E-state index contributed by atoms with van der Waals surface area (Å²) in [4.78, 5) is 12.6. The third-order valence-corrected chi connectivity index (χ3v) is 5.34. The molecule has 1 aromatic heterocycles. The quantitative estimate of drug-likeness (QED) is 0.208. The van der Waals surface area contributed by atoms with Gasteiger partial charge in [0.05, 0.1) is 6.61 Å². The van der Waals surface area contributed by atoms with Gasteiger partial charge < -0.3 is 59.8 Å². The first-order valence-electron chi connectivity index (χ1n) is 9.78. The number of fused-ring (bicyclic) bond motifs is 1. The van der Waals surface area contributed by atoms with E-state index in [0.29, 0.717) is 0 Å². The molecule has 3 aromatic rings. The second kappa shape index (κ2) is 8.55. The highest BCUT2D eigenvalue weighted by Gasteiger charge is 2.45. The summed E-state index contributed by atoms with van der Waals surface area (Å²) in [6.45, 7) is -0.738. The van der Waals surface area contributed by atoms with Crippen molar-refractivity contribution in [2.24, 2.45) is 0 Å². The minimum atomic E-state index is -1.83. The smallest absolute Gasteiger partial charge is 0.238 e. The summed E-state index contributed by atoms with van der Waals surface area (Å²) in [5.41, 5.74) is -1.58. The third-order valence-electron chi connectivity index (χ3n) is 5.34. The van der Waals surface area contributed by atoms with Crippen molar-refractivity contribution in [3.63, 3.8) is 0 Å². The van der Waals surface area contributed by atoms with E-state index in [4.69, 9.17) is 13.9 Å². The molecule has 1 fully saturated rings. The molecular weight excluding hydrogens is 460 g/mol. The Kier molecular flexibility index (Phi) is 5.89. The molecule has 1 aliphatic rings. The van der Waals surface area contributed by atoms with E-state index in [2.05, 4.69) is 0 Å². The molecule has 5 atom stereocenters. The summed E-state index contributed by atoms with van der Waals surface area (Å²) in [5.74, 6) is -4.80. The molecule has 4 rings (SSSR count). The maximum absolute atomic E-state index is 12.6. The highest BCUT2D eigenvalue weighted by Crippen LogP contribution is 2.43. The molecular formula is C21H20O13. The number of phenols is 4. The summed E-state index contributed by atoms with van der Waals surface area (Å²) in [7, 11) is 0. The fourth-order valence-electron chi connectivity index (χ4n) is 3.57. The summed E-state index contributed by atoms with van der Waals surface area (Å²) in [5, 5.41) is 89.1. The maximum atomic E-state index is 12.6. The predicted molar refractivity (Wildman–Crippen MR) is 111 cm³/mol. The number of rotatable bonds is 4. The van der Waals surface area contributed by atoms with Crippen LogP contribution in [0.15, 0.2) is 33.5 Å². The van der Waals surface area contributed by atoms with E-state index in [-0.39, 0.29) is 11.1 Å². The van der Waals surface area contributed by atoms with Gasteiger partial charge in [-0.2, -0.15) is 0 Å². The predicted octanol–water partition coefficient (Wildman–Crippen LogP) is -0.833.